The van der Waals surface area contributed by atoms with Crippen LogP contribution in [0.3, 0.4) is 0 Å². The topological polar surface area (TPSA) is 63.1 Å². The Morgan fingerprint density at radius 1 is 1.11 bits per heavy atom. The van der Waals surface area contributed by atoms with Crippen molar-refractivity contribution in [3.63, 3.8) is 0 Å². The summed E-state index contributed by atoms with van der Waals surface area (Å²) in [5.41, 5.74) is -0.885. The highest BCUT2D eigenvalue weighted by atomic mass is 19.1. The third-order valence-electron chi connectivity index (χ3n) is 3.64. The van der Waals surface area contributed by atoms with Gasteiger partial charge >= 0.3 is 0 Å². The van der Waals surface area contributed by atoms with E-state index in [0.717, 1.165) is 23.2 Å². The van der Waals surface area contributed by atoms with E-state index in [1.165, 1.54) is 24.4 Å². The lowest BCUT2D eigenvalue weighted by Gasteiger charge is -2.13. The third-order valence-corrected chi connectivity index (χ3v) is 3.64. The summed E-state index contributed by atoms with van der Waals surface area (Å²) in [6, 6.07) is 6.20. The van der Waals surface area contributed by atoms with Gasteiger partial charge in [-0.05, 0) is 32.3 Å². The second kappa shape index (κ2) is 9.18. The largest absolute Gasteiger partial charge is 0.353 e. The number of likely N-dealkylation sites (N-methyl/N-ethyl adjacent to an activating group) is 1. The molecule has 0 bridgehead atoms. The molecule has 0 saturated heterocycles. The Balaban J connectivity index is 0.00000126. The molecule has 0 atom stereocenters. The van der Waals surface area contributed by atoms with E-state index in [1.807, 2.05) is 32.8 Å². The lowest BCUT2D eigenvalue weighted by atomic mass is 10.2. The Morgan fingerprint density at radius 2 is 1.78 bits per heavy atom. The van der Waals surface area contributed by atoms with Gasteiger partial charge in [0.1, 0.15) is 17.3 Å². The van der Waals surface area contributed by atoms with Crippen LogP contribution in [0.2, 0.25) is 0 Å². The molecular weight excluding hydrogens is 352 g/mol. The molecule has 0 saturated carbocycles. The van der Waals surface area contributed by atoms with E-state index < -0.39 is 22.9 Å². The van der Waals surface area contributed by atoms with Crippen LogP contribution >= 0.6 is 0 Å². The smallest absolute Gasteiger partial charge is 0.256 e. The van der Waals surface area contributed by atoms with E-state index in [9.17, 15) is 13.6 Å². The number of fused-ring (bicyclic) bond motifs is 1. The van der Waals surface area contributed by atoms with Crippen LogP contribution in [0.1, 0.15) is 13.8 Å². The molecule has 1 N–H and O–H groups in total. The maximum atomic E-state index is 14.2. The summed E-state index contributed by atoms with van der Waals surface area (Å²) >= 11 is 0. The maximum Gasteiger partial charge on any atom is 0.256 e. The highest BCUT2D eigenvalue weighted by Gasteiger charge is 2.16. The van der Waals surface area contributed by atoms with E-state index in [0.29, 0.717) is 11.9 Å². The molecule has 0 radical (unpaired) electrons. The Morgan fingerprint density at radius 3 is 2.41 bits per heavy atom. The van der Waals surface area contributed by atoms with Gasteiger partial charge in [0, 0.05) is 30.7 Å². The molecule has 0 unspecified atom stereocenters. The highest BCUT2D eigenvalue weighted by Crippen LogP contribution is 2.20. The van der Waals surface area contributed by atoms with E-state index in [-0.39, 0.29) is 11.6 Å². The van der Waals surface area contributed by atoms with E-state index in [4.69, 9.17) is 0 Å². The van der Waals surface area contributed by atoms with Gasteiger partial charge in [0.05, 0.1) is 0 Å². The summed E-state index contributed by atoms with van der Waals surface area (Å²) in [7, 11) is 3.86. The molecular formula is C19H23F2N5O. The molecule has 0 aliphatic rings. The van der Waals surface area contributed by atoms with Crippen molar-refractivity contribution in [3.8, 4) is 5.69 Å². The van der Waals surface area contributed by atoms with Crippen molar-refractivity contribution in [2.45, 2.75) is 13.8 Å². The van der Waals surface area contributed by atoms with E-state index >= 15 is 0 Å². The fourth-order valence-electron chi connectivity index (χ4n) is 2.41. The van der Waals surface area contributed by atoms with Crippen LogP contribution < -0.4 is 10.9 Å². The number of anilines is 1. The molecule has 3 aromatic rings. The predicted molar refractivity (Wildman–Crippen MR) is 103 cm³/mol. The lowest BCUT2D eigenvalue weighted by Crippen LogP contribution is -2.23. The van der Waals surface area contributed by atoms with E-state index in [1.54, 1.807) is 0 Å². The van der Waals surface area contributed by atoms with Crippen LogP contribution in [-0.4, -0.2) is 46.6 Å². The summed E-state index contributed by atoms with van der Waals surface area (Å²) < 4.78 is 29.3. The fourth-order valence-corrected chi connectivity index (χ4v) is 2.41. The molecule has 0 aliphatic carbocycles. The van der Waals surface area contributed by atoms with Crippen LogP contribution in [-0.2, 0) is 0 Å². The van der Waals surface area contributed by atoms with Crippen LogP contribution in [0.5, 0.6) is 0 Å². The van der Waals surface area contributed by atoms with Crippen molar-refractivity contribution in [2.75, 3.05) is 32.5 Å². The van der Waals surface area contributed by atoms with Gasteiger partial charge in [0.25, 0.3) is 5.56 Å². The number of nitrogens with zero attached hydrogens (tertiary/aromatic N) is 4. The second-order valence-electron chi connectivity index (χ2n) is 5.78. The van der Waals surface area contributed by atoms with Crippen molar-refractivity contribution in [2.24, 2.45) is 0 Å². The standard InChI is InChI=1S/C17H17F2N5O.C2H6/c1-23(2)9-8-20-17-21-10-11-6-7-14(25)24(16(11)22-17)15-12(18)4-3-5-13(15)19;1-2/h3-7,10H,8-9H2,1-2H3,(H,20,21,22);1-2H3. The SMILES string of the molecule is CC.CN(C)CCNc1ncc2ccc(=O)n(-c3c(F)cccc3F)c2n1. The quantitative estimate of drug-likeness (QED) is 0.743. The first kappa shape index (κ1) is 20.4. The number of rotatable bonds is 5. The van der Waals surface area contributed by atoms with Crippen molar-refractivity contribution in [3.05, 3.63) is 58.5 Å². The van der Waals surface area contributed by atoms with Crippen molar-refractivity contribution in [1.29, 1.82) is 0 Å². The monoisotopic (exact) mass is 375 g/mol. The first-order valence-electron chi connectivity index (χ1n) is 8.69. The minimum atomic E-state index is -0.838. The molecule has 3 rings (SSSR count). The molecule has 144 valence electrons. The average Bonchev–Trinajstić information content (AvgIpc) is 2.64. The number of pyridine rings is 1. The van der Waals surface area contributed by atoms with Crippen LogP contribution in [0, 0.1) is 11.6 Å². The molecule has 0 spiro atoms. The minimum absolute atomic E-state index is 0.138. The molecule has 0 aliphatic heterocycles. The zero-order valence-corrected chi connectivity index (χ0v) is 15.8. The zero-order chi connectivity index (χ0) is 20.0. The number of hydrogen-bond acceptors (Lipinski definition) is 5. The van der Waals surface area contributed by atoms with Gasteiger partial charge in [-0.15, -0.1) is 0 Å². The molecule has 8 heteroatoms. The summed E-state index contributed by atoms with van der Waals surface area (Å²) in [6.45, 7) is 5.34. The third kappa shape index (κ3) is 4.65. The Labute approximate surface area is 156 Å². The molecule has 27 heavy (non-hydrogen) atoms. The lowest BCUT2D eigenvalue weighted by molar-refractivity contribution is 0.425. The number of para-hydroxylation sites is 1. The summed E-state index contributed by atoms with van der Waals surface area (Å²) in [4.78, 5) is 22.7. The molecule has 1 aromatic carbocycles. The maximum absolute atomic E-state index is 14.2. The van der Waals surface area contributed by atoms with Crippen molar-refractivity contribution < 1.29 is 8.78 Å². The van der Waals surface area contributed by atoms with Crippen LogP contribution in [0.25, 0.3) is 16.7 Å². The molecule has 2 aromatic heterocycles. The number of halogens is 2. The Bertz CT molecular complexity index is 952. The van der Waals surface area contributed by atoms with Gasteiger partial charge in [-0.25, -0.2) is 13.8 Å². The average molecular weight is 375 g/mol. The van der Waals surface area contributed by atoms with Crippen LogP contribution in [0.4, 0.5) is 14.7 Å². The first-order chi connectivity index (χ1) is 13.0. The minimum Gasteiger partial charge on any atom is -0.353 e. The summed E-state index contributed by atoms with van der Waals surface area (Å²) in [5.74, 6) is -1.39. The Hall–Kier alpha value is -2.87. The molecule has 0 fully saturated rings. The van der Waals surface area contributed by atoms with Gasteiger partial charge in [-0.1, -0.05) is 19.9 Å². The first-order valence-corrected chi connectivity index (χ1v) is 8.69. The van der Waals surface area contributed by atoms with Gasteiger partial charge in [0.2, 0.25) is 5.95 Å². The number of aromatic nitrogens is 3. The van der Waals surface area contributed by atoms with Crippen LogP contribution in [0.15, 0.2) is 41.3 Å². The predicted octanol–water partition coefficient (Wildman–Crippen LogP) is 3.06. The fraction of sp³-hybridized carbons (Fsp3) is 0.316. The zero-order valence-electron chi connectivity index (χ0n) is 15.8. The van der Waals surface area contributed by atoms with Gasteiger partial charge < -0.3 is 10.2 Å². The van der Waals surface area contributed by atoms with Gasteiger partial charge in [-0.2, -0.15) is 4.98 Å². The molecule has 2 heterocycles. The second-order valence-corrected chi connectivity index (χ2v) is 5.78. The number of nitrogens with one attached hydrogen (secondary N) is 1. The Kier molecular flexibility index (Phi) is 6.95. The summed E-state index contributed by atoms with van der Waals surface area (Å²) in [5, 5.41) is 3.53. The normalized spacial score (nSPS) is 10.6. The van der Waals surface area contributed by atoms with E-state index in [2.05, 4.69) is 15.3 Å². The van der Waals surface area contributed by atoms with Crippen molar-refractivity contribution >= 4 is 17.0 Å². The van der Waals surface area contributed by atoms with Gasteiger partial charge in [0.15, 0.2) is 5.65 Å². The van der Waals surface area contributed by atoms with Crippen molar-refractivity contribution in [1.82, 2.24) is 19.4 Å². The number of benzene rings is 1. The summed E-state index contributed by atoms with van der Waals surface area (Å²) in [6.07, 6.45) is 1.51. The number of hydrogen-bond donors (Lipinski definition) is 1. The highest BCUT2D eigenvalue weighted by molar-refractivity contribution is 5.77. The van der Waals surface area contributed by atoms with Gasteiger partial charge in [-0.3, -0.25) is 9.36 Å². The molecule has 0 amide bonds. The molecule has 6 nitrogen and oxygen atoms in total.